The molecule has 28 heavy (non-hydrogen) atoms. The molecule has 6 nitrogen and oxygen atoms in total. The molecule has 2 aromatic rings. The number of hydrogen-bond donors (Lipinski definition) is 2. The van der Waals surface area contributed by atoms with Crippen LogP contribution < -0.4 is 10.6 Å². The average molecular weight is 382 g/mol. The fourth-order valence-corrected chi connectivity index (χ4v) is 4.63. The third-order valence-corrected chi connectivity index (χ3v) is 6.43. The lowest BCUT2D eigenvalue weighted by molar-refractivity contribution is -0.168. The topological polar surface area (TPSA) is 63.5 Å². The molecular formula is C22H31N5O. The zero-order valence-corrected chi connectivity index (χ0v) is 16.9. The molecule has 2 atom stereocenters. The highest BCUT2D eigenvalue weighted by atomic mass is 16.5. The van der Waals surface area contributed by atoms with Gasteiger partial charge in [0.2, 0.25) is 0 Å². The molecule has 1 aromatic carbocycles. The highest BCUT2D eigenvalue weighted by Crippen LogP contribution is 2.57. The van der Waals surface area contributed by atoms with E-state index in [1.165, 1.54) is 30.4 Å². The molecule has 2 N–H and O–H groups in total. The Kier molecular flexibility index (Phi) is 5.67. The molecule has 150 valence electrons. The maximum Gasteiger partial charge on any atom is 0.191 e. The molecular weight excluding hydrogens is 350 g/mol. The number of nitrogens with zero attached hydrogens (tertiary/aromatic N) is 3. The molecule has 0 amide bonds. The fraction of sp³-hybridized carbons (Fsp3) is 0.545. The first-order valence-corrected chi connectivity index (χ1v) is 10.4. The van der Waals surface area contributed by atoms with Crippen LogP contribution in [0.4, 0.5) is 0 Å². The van der Waals surface area contributed by atoms with Crippen LogP contribution in [0.25, 0.3) is 0 Å². The molecule has 0 radical (unpaired) electrons. The number of hydrogen-bond acceptors (Lipinski definition) is 3. The van der Waals surface area contributed by atoms with Gasteiger partial charge in [-0.15, -0.1) is 0 Å². The molecule has 1 heterocycles. The van der Waals surface area contributed by atoms with E-state index in [-0.39, 0.29) is 0 Å². The number of aromatic nitrogens is 2. The van der Waals surface area contributed by atoms with Gasteiger partial charge in [-0.25, -0.2) is 0 Å². The Labute approximate surface area is 167 Å². The van der Waals surface area contributed by atoms with Crippen molar-refractivity contribution < 1.29 is 4.74 Å². The summed E-state index contributed by atoms with van der Waals surface area (Å²) in [5.41, 5.74) is 2.86. The molecule has 2 unspecified atom stereocenters. The summed E-state index contributed by atoms with van der Waals surface area (Å²) in [7, 11) is 1.84. The molecule has 2 aliphatic carbocycles. The summed E-state index contributed by atoms with van der Waals surface area (Å²) in [5, 5.41) is 11.5. The van der Waals surface area contributed by atoms with Crippen molar-refractivity contribution in [3.63, 3.8) is 0 Å². The van der Waals surface area contributed by atoms with E-state index in [1.807, 2.05) is 30.2 Å². The lowest BCUT2D eigenvalue weighted by Crippen LogP contribution is -2.68. The van der Waals surface area contributed by atoms with Crippen molar-refractivity contribution in [2.24, 2.45) is 10.4 Å². The van der Waals surface area contributed by atoms with Crippen molar-refractivity contribution in [1.82, 2.24) is 20.4 Å². The number of benzene rings is 1. The van der Waals surface area contributed by atoms with Gasteiger partial charge in [0.15, 0.2) is 5.96 Å². The summed E-state index contributed by atoms with van der Waals surface area (Å²) in [5.74, 6) is 0.875. The molecule has 1 aromatic heterocycles. The molecule has 2 saturated carbocycles. The largest absolute Gasteiger partial charge is 0.378 e. The lowest BCUT2D eigenvalue weighted by Gasteiger charge is -2.61. The third kappa shape index (κ3) is 3.65. The maximum atomic E-state index is 5.97. The minimum Gasteiger partial charge on any atom is -0.378 e. The summed E-state index contributed by atoms with van der Waals surface area (Å²) in [6.07, 6.45) is 9.14. The standard InChI is InChI=1S/C22H31N5O/c1-3-28-20-14-19(22(20)10-6-11-22)26-21(23-2)24-15-17-8-4-5-9-18(17)16-27-13-7-12-25-27/h4-5,7-9,12-13,19-20H,3,6,10-11,14-16H2,1-2H3,(H2,23,24,26). The van der Waals surface area contributed by atoms with Crippen molar-refractivity contribution in [1.29, 1.82) is 0 Å². The van der Waals surface area contributed by atoms with Crippen LogP contribution in [-0.2, 0) is 17.8 Å². The predicted octanol–water partition coefficient (Wildman–Crippen LogP) is 2.94. The number of aliphatic imine (C=N–C) groups is 1. The second-order valence-corrected chi connectivity index (χ2v) is 7.86. The molecule has 2 fully saturated rings. The minimum absolute atomic E-state index is 0.325. The first-order chi connectivity index (χ1) is 13.7. The zero-order valence-electron chi connectivity index (χ0n) is 16.9. The minimum atomic E-state index is 0.325. The Hall–Kier alpha value is -2.34. The SMILES string of the molecule is CCOC1CC(NC(=NC)NCc2ccccc2Cn2cccn2)C12CCC2. The monoisotopic (exact) mass is 381 g/mol. The quantitative estimate of drug-likeness (QED) is 0.572. The van der Waals surface area contributed by atoms with Crippen LogP contribution in [0, 0.1) is 5.41 Å². The highest BCUT2D eigenvalue weighted by Gasteiger charge is 2.59. The summed E-state index contributed by atoms with van der Waals surface area (Å²) in [6.45, 7) is 4.41. The van der Waals surface area contributed by atoms with Gasteiger partial charge in [0.1, 0.15) is 0 Å². The molecule has 1 spiro atoms. The van der Waals surface area contributed by atoms with Gasteiger partial charge in [-0.05, 0) is 43.4 Å². The Bertz CT molecular complexity index is 797. The van der Waals surface area contributed by atoms with E-state index in [1.54, 1.807) is 0 Å². The number of guanidine groups is 1. The van der Waals surface area contributed by atoms with Gasteiger partial charge in [0, 0.05) is 44.0 Å². The summed E-state index contributed by atoms with van der Waals surface area (Å²) >= 11 is 0. The van der Waals surface area contributed by atoms with Gasteiger partial charge < -0.3 is 15.4 Å². The van der Waals surface area contributed by atoms with E-state index in [4.69, 9.17) is 4.74 Å². The summed E-state index contributed by atoms with van der Waals surface area (Å²) in [4.78, 5) is 4.46. The van der Waals surface area contributed by atoms with Crippen LogP contribution in [0.1, 0.15) is 43.7 Å². The highest BCUT2D eigenvalue weighted by molar-refractivity contribution is 5.80. The Morgan fingerprint density at radius 1 is 1.29 bits per heavy atom. The first kappa shape index (κ1) is 19.0. The van der Waals surface area contributed by atoms with Crippen LogP contribution in [0.5, 0.6) is 0 Å². The van der Waals surface area contributed by atoms with E-state index >= 15 is 0 Å². The van der Waals surface area contributed by atoms with Crippen LogP contribution in [0.15, 0.2) is 47.7 Å². The van der Waals surface area contributed by atoms with Crippen LogP contribution >= 0.6 is 0 Å². The van der Waals surface area contributed by atoms with Gasteiger partial charge in [0.25, 0.3) is 0 Å². The Morgan fingerprint density at radius 2 is 2.11 bits per heavy atom. The Morgan fingerprint density at radius 3 is 2.75 bits per heavy atom. The van der Waals surface area contributed by atoms with Gasteiger partial charge in [-0.2, -0.15) is 5.10 Å². The summed E-state index contributed by atoms with van der Waals surface area (Å²) < 4.78 is 7.92. The lowest BCUT2D eigenvalue weighted by atomic mass is 9.51. The summed E-state index contributed by atoms with van der Waals surface area (Å²) in [6, 6.07) is 10.9. The second kappa shape index (κ2) is 8.35. The third-order valence-electron chi connectivity index (χ3n) is 6.43. The molecule has 0 saturated heterocycles. The second-order valence-electron chi connectivity index (χ2n) is 7.86. The number of ether oxygens (including phenoxy) is 1. The van der Waals surface area contributed by atoms with Crippen LogP contribution in [0.2, 0.25) is 0 Å². The van der Waals surface area contributed by atoms with Gasteiger partial charge >= 0.3 is 0 Å². The van der Waals surface area contributed by atoms with Crippen molar-refractivity contribution in [2.75, 3.05) is 13.7 Å². The fourth-order valence-electron chi connectivity index (χ4n) is 4.63. The zero-order chi connectivity index (χ0) is 19.4. The Balaban J connectivity index is 1.36. The van der Waals surface area contributed by atoms with E-state index < -0.39 is 0 Å². The number of nitrogens with one attached hydrogen (secondary N) is 2. The molecule has 0 aliphatic heterocycles. The van der Waals surface area contributed by atoms with Crippen molar-refractivity contribution >= 4 is 5.96 Å². The van der Waals surface area contributed by atoms with E-state index in [9.17, 15) is 0 Å². The molecule has 4 rings (SSSR count). The average Bonchev–Trinajstić information content (AvgIpc) is 3.16. The number of rotatable bonds is 7. The van der Waals surface area contributed by atoms with E-state index in [0.29, 0.717) is 17.6 Å². The normalized spacial score (nSPS) is 23.1. The van der Waals surface area contributed by atoms with Crippen molar-refractivity contribution in [2.45, 2.75) is 57.8 Å². The van der Waals surface area contributed by atoms with Crippen molar-refractivity contribution in [3.8, 4) is 0 Å². The smallest absolute Gasteiger partial charge is 0.191 e. The first-order valence-electron chi connectivity index (χ1n) is 10.4. The van der Waals surface area contributed by atoms with Gasteiger partial charge in [-0.3, -0.25) is 9.67 Å². The maximum absolute atomic E-state index is 5.97. The molecule has 2 aliphatic rings. The van der Waals surface area contributed by atoms with Crippen LogP contribution in [0.3, 0.4) is 0 Å². The molecule has 0 bridgehead atoms. The predicted molar refractivity (Wildman–Crippen MR) is 111 cm³/mol. The van der Waals surface area contributed by atoms with E-state index in [0.717, 1.165) is 32.1 Å². The van der Waals surface area contributed by atoms with Gasteiger partial charge in [-0.1, -0.05) is 30.7 Å². The van der Waals surface area contributed by atoms with Gasteiger partial charge in [0.05, 0.1) is 12.6 Å². The van der Waals surface area contributed by atoms with E-state index in [2.05, 4.69) is 51.9 Å². The molecule has 6 heteroatoms. The van der Waals surface area contributed by atoms with Crippen molar-refractivity contribution in [3.05, 3.63) is 53.9 Å². The van der Waals surface area contributed by atoms with Crippen LogP contribution in [-0.4, -0.2) is 41.5 Å².